The van der Waals surface area contributed by atoms with Gasteiger partial charge in [0.25, 0.3) is 0 Å². The molecule has 1 aliphatic rings. The summed E-state index contributed by atoms with van der Waals surface area (Å²) in [6.45, 7) is 6.90. The number of hydrogen-bond acceptors (Lipinski definition) is 6. The van der Waals surface area contributed by atoms with Gasteiger partial charge < -0.3 is 15.0 Å². The minimum atomic E-state index is 0.0540. The van der Waals surface area contributed by atoms with Gasteiger partial charge in [-0.3, -0.25) is 0 Å². The highest BCUT2D eigenvalue weighted by Crippen LogP contribution is 2.27. The van der Waals surface area contributed by atoms with Crippen LogP contribution in [0.25, 0.3) is 0 Å². The molecule has 0 radical (unpaired) electrons. The van der Waals surface area contributed by atoms with Crippen molar-refractivity contribution in [2.24, 2.45) is 0 Å². The summed E-state index contributed by atoms with van der Waals surface area (Å²) >= 11 is 0. The van der Waals surface area contributed by atoms with Gasteiger partial charge in [0, 0.05) is 19.6 Å². The summed E-state index contributed by atoms with van der Waals surface area (Å²) in [7, 11) is 2.04. The van der Waals surface area contributed by atoms with Crippen LogP contribution in [0.3, 0.4) is 0 Å². The lowest BCUT2D eigenvalue weighted by molar-refractivity contribution is 0.221. The minimum Gasteiger partial charge on any atom is -0.461 e. The van der Waals surface area contributed by atoms with Crippen molar-refractivity contribution in [1.29, 1.82) is 0 Å². The largest absolute Gasteiger partial charge is 0.461 e. The van der Waals surface area contributed by atoms with Gasteiger partial charge in [-0.05, 0) is 39.5 Å². The van der Waals surface area contributed by atoms with E-state index in [0.29, 0.717) is 23.9 Å². The summed E-state index contributed by atoms with van der Waals surface area (Å²) in [6.07, 6.45) is 4.79. The van der Waals surface area contributed by atoms with Crippen molar-refractivity contribution in [1.82, 2.24) is 15.0 Å². The van der Waals surface area contributed by atoms with Crippen molar-refractivity contribution >= 4 is 11.9 Å². The molecule has 6 heteroatoms. The number of hydrogen-bond donors (Lipinski definition) is 1. The van der Waals surface area contributed by atoms with E-state index in [4.69, 9.17) is 4.74 Å². The topological polar surface area (TPSA) is 63.2 Å². The molecule has 1 aromatic rings. The first kappa shape index (κ1) is 14.8. The second-order valence-electron chi connectivity index (χ2n) is 5.53. The summed E-state index contributed by atoms with van der Waals surface area (Å²) < 4.78 is 5.63. The van der Waals surface area contributed by atoms with Crippen LogP contribution < -0.4 is 15.0 Å². The Kier molecular flexibility index (Phi) is 4.98. The van der Waals surface area contributed by atoms with Gasteiger partial charge in [-0.15, -0.1) is 0 Å². The Balaban J connectivity index is 2.19. The summed E-state index contributed by atoms with van der Waals surface area (Å²) in [5.41, 5.74) is 0. The lowest BCUT2D eigenvalue weighted by atomic mass is 9.92. The van der Waals surface area contributed by atoms with Crippen LogP contribution in [0.2, 0.25) is 0 Å². The number of aromatic nitrogens is 3. The van der Waals surface area contributed by atoms with E-state index in [0.717, 1.165) is 13.0 Å². The molecule has 0 spiro atoms. The number of anilines is 2. The lowest BCUT2D eigenvalue weighted by Crippen LogP contribution is -2.38. The Bertz CT molecular complexity index is 434. The molecule has 20 heavy (non-hydrogen) atoms. The third kappa shape index (κ3) is 3.71. The van der Waals surface area contributed by atoms with E-state index in [9.17, 15) is 0 Å². The zero-order chi connectivity index (χ0) is 14.5. The molecule has 0 unspecified atom stereocenters. The molecular weight excluding hydrogens is 254 g/mol. The molecule has 6 nitrogen and oxygen atoms in total. The maximum Gasteiger partial charge on any atom is 0.323 e. The van der Waals surface area contributed by atoms with E-state index in [-0.39, 0.29) is 6.10 Å². The maximum absolute atomic E-state index is 5.63. The van der Waals surface area contributed by atoms with Gasteiger partial charge in [0.15, 0.2) is 0 Å². The molecule has 0 amide bonds. The average molecular weight is 279 g/mol. The van der Waals surface area contributed by atoms with Crippen molar-refractivity contribution in [2.45, 2.75) is 58.6 Å². The standard InChI is InChI=1S/C14H25N5O/c1-5-9-15-12-16-13(19(4)11-7-6-8-11)18-14(17-12)20-10(2)3/h10-11H,5-9H2,1-4H3,(H,15,16,17,18). The molecule has 1 N–H and O–H groups in total. The van der Waals surface area contributed by atoms with Crippen LogP contribution in [0.4, 0.5) is 11.9 Å². The molecule has 0 aromatic carbocycles. The Hall–Kier alpha value is -1.59. The molecule has 0 bridgehead atoms. The molecule has 0 aliphatic heterocycles. The molecule has 1 saturated carbocycles. The number of ether oxygens (including phenoxy) is 1. The van der Waals surface area contributed by atoms with E-state index in [1.165, 1.54) is 19.3 Å². The van der Waals surface area contributed by atoms with E-state index >= 15 is 0 Å². The van der Waals surface area contributed by atoms with Gasteiger partial charge in [-0.25, -0.2) is 0 Å². The highest BCUT2D eigenvalue weighted by atomic mass is 16.5. The van der Waals surface area contributed by atoms with Crippen LogP contribution in [0, 0.1) is 0 Å². The lowest BCUT2D eigenvalue weighted by Gasteiger charge is -2.34. The molecule has 1 heterocycles. The normalized spacial score (nSPS) is 15.1. The van der Waals surface area contributed by atoms with E-state index in [1.54, 1.807) is 0 Å². The predicted molar refractivity (Wildman–Crippen MR) is 80.4 cm³/mol. The van der Waals surface area contributed by atoms with Crippen molar-refractivity contribution < 1.29 is 4.74 Å². The van der Waals surface area contributed by atoms with Crippen LogP contribution in [-0.2, 0) is 0 Å². The first-order chi connectivity index (χ1) is 9.60. The van der Waals surface area contributed by atoms with Gasteiger partial charge in [0.05, 0.1) is 6.10 Å². The van der Waals surface area contributed by atoms with Crippen molar-refractivity contribution in [2.75, 3.05) is 23.8 Å². The summed E-state index contributed by atoms with van der Waals surface area (Å²) in [4.78, 5) is 15.4. The number of rotatable bonds is 7. The molecule has 1 aliphatic carbocycles. The third-order valence-corrected chi connectivity index (χ3v) is 3.42. The summed E-state index contributed by atoms with van der Waals surface area (Å²) in [5.74, 6) is 1.29. The Morgan fingerprint density at radius 2 is 2.05 bits per heavy atom. The smallest absolute Gasteiger partial charge is 0.323 e. The van der Waals surface area contributed by atoms with Gasteiger partial charge in [0.2, 0.25) is 11.9 Å². The Labute approximate surface area is 121 Å². The summed E-state index contributed by atoms with van der Waals surface area (Å²) in [6, 6.07) is 0.943. The van der Waals surface area contributed by atoms with Gasteiger partial charge >= 0.3 is 6.01 Å². The minimum absolute atomic E-state index is 0.0540. The van der Waals surface area contributed by atoms with Crippen molar-refractivity contribution in [3.8, 4) is 6.01 Å². The van der Waals surface area contributed by atoms with Gasteiger partial charge in [-0.2, -0.15) is 15.0 Å². The first-order valence-corrected chi connectivity index (χ1v) is 7.49. The molecule has 112 valence electrons. The third-order valence-electron chi connectivity index (χ3n) is 3.42. The zero-order valence-electron chi connectivity index (χ0n) is 12.9. The van der Waals surface area contributed by atoms with Crippen LogP contribution >= 0.6 is 0 Å². The van der Waals surface area contributed by atoms with Crippen LogP contribution in [0.1, 0.15) is 46.5 Å². The highest BCUT2D eigenvalue weighted by molar-refractivity contribution is 5.39. The Morgan fingerprint density at radius 1 is 1.30 bits per heavy atom. The second kappa shape index (κ2) is 6.72. The van der Waals surface area contributed by atoms with Gasteiger partial charge in [-0.1, -0.05) is 6.92 Å². The van der Waals surface area contributed by atoms with E-state index in [2.05, 4.69) is 32.1 Å². The van der Waals surface area contributed by atoms with Crippen LogP contribution in [0.5, 0.6) is 6.01 Å². The Morgan fingerprint density at radius 3 is 2.60 bits per heavy atom. The molecule has 0 saturated heterocycles. The molecule has 1 aromatic heterocycles. The first-order valence-electron chi connectivity index (χ1n) is 7.49. The second-order valence-corrected chi connectivity index (χ2v) is 5.53. The fourth-order valence-corrected chi connectivity index (χ4v) is 2.02. The molecule has 1 fully saturated rings. The van der Waals surface area contributed by atoms with Gasteiger partial charge in [0.1, 0.15) is 0 Å². The van der Waals surface area contributed by atoms with Crippen molar-refractivity contribution in [3.63, 3.8) is 0 Å². The SMILES string of the molecule is CCCNc1nc(OC(C)C)nc(N(C)C2CCC2)n1. The quantitative estimate of drug-likeness (QED) is 0.827. The van der Waals surface area contributed by atoms with Crippen molar-refractivity contribution in [3.05, 3.63) is 0 Å². The van der Waals surface area contributed by atoms with Crippen LogP contribution in [0.15, 0.2) is 0 Å². The highest BCUT2D eigenvalue weighted by Gasteiger charge is 2.25. The maximum atomic E-state index is 5.63. The summed E-state index contributed by atoms with van der Waals surface area (Å²) in [5, 5.41) is 3.21. The van der Waals surface area contributed by atoms with E-state index in [1.807, 2.05) is 20.9 Å². The average Bonchev–Trinajstić information content (AvgIpc) is 2.33. The molecule has 0 atom stereocenters. The fourth-order valence-electron chi connectivity index (χ4n) is 2.02. The zero-order valence-corrected chi connectivity index (χ0v) is 12.9. The monoisotopic (exact) mass is 279 g/mol. The molecular formula is C14H25N5O. The predicted octanol–water partition coefficient (Wildman–Crippen LogP) is 2.47. The number of nitrogens with zero attached hydrogens (tertiary/aromatic N) is 4. The number of nitrogens with one attached hydrogen (secondary N) is 1. The molecule has 2 rings (SSSR count). The van der Waals surface area contributed by atoms with Crippen LogP contribution in [-0.4, -0.2) is 40.7 Å². The fraction of sp³-hybridized carbons (Fsp3) is 0.786. The van der Waals surface area contributed by atoms with E-state index < -0.39 is 0 Å².